The van der Waals surface area contributed by atoms with Gasteiger partial charge in [0, 0.05) is 38.6 Å². The number of carbonyl (C=O) groups is 2. The summed E-state index contributed by atoms with van der Waals surface area (Å²) < 4.78 is 15.0. The van der Waals surface area contributed by atoms with Gasteiger partial charge in [-0.1, -0.05) is 31.7 Å². The van der Waals surface area contributed by atoms with Crippen LogP contribution >= 0.6 is 0 Å². The Balaban J connectivity index is 1.49. The minimum atomic E-state index is -1.79. The van der Waals surface area contributed by atoms with Crippen molar-refractivity contribution in [3.05, 3.63) is 30.1 Å². The molecular weight excluding hydrogens is 333 g/mol. The quantitative estimate of drug-likeness (QED) is 0.810. The van der Waals surface area contributed by atoms with Crippen LogP contribution in [0.5, 0.6) is 0 Å². The summed E-state index contributed by atoms with van der Waals surface area (Å²) in [5.74, 6) is -0.0564. The van der Waals surface area contributed by atoms with Crippen LogP contribution in [0.15, 0.2) is 24.5 Å². The molecule has 2 aliphatic rings. The highest BCUT2D eigenvalue weighted by Gasteiger charge is 2.40. The van der Waals surface area contributed by atoms with E-state index >= 15 is 0 Å². The molecule has 142 valence electrons. The monoisotopic (exact) mass is 361 g/mol. The first kappa shape index (κ1) is 18.8. The largest absolute Gasteiger partial charge is 0.339 e. The second kappa shape index (κ2) is 8.14. The normalized spacial score (nSPS) is 20.8. The topological polar surface area (TPSA) is 53.5 Å². The molecule has 0 radical (unpaired) electrons. The third-order valence-corrected chi connectivity index (χ3v) is 5.59. The molecule has 3 rings (SSSR count). The number of aromatic nitrogens is 1. The Kier molecular flexibility index (Phi) is 5.89. The maximum Gasteiger partial charge on any atom is 0.260 e. The van der Waals surface area contributed by atoms with E-state index in [1.807, 2.05) is 12.1 Å². The van der Waals surface area contributed by atoms with Crippen LogP contribution in [-0.2, 0) is 16.0 Å². The number of amides is 2. The van der Waals surface area contributed by atoms with Crippen molar-refractivity contribution in [3.8, 4) is 0 Å². The fourth-order valence-electron chi connectivity index (χ4n) is 4.12. The predicted octanol–water partition coefficient (Wildman–Crippen LogP) is 2.60. The van der Waals surface area contributed by atoms with E-state index in [0.29, 0.717) is 44.9 Å². The Bertz CT molecular complexity index is 621. The van der Waals surface area contributed by atoms with Crippen molar-refractivity contribution in [2.45, 2.75) is 51.1 Å². The summed E-state index contributed by atoms with van der Waals surface area (Å²) in [6.45, 7) is 3.16. The number of nitrogens with zero attached hydrogens (tertiary/aromatic N) is 3. The van der Waals surface area contributed by atoms with Gasteiger partial charge in [-0.25, -0.2) is 4.39 Å². The molecule has 1 saturated carbocycles. The highest BCUT2D eigenvalue weighted by molar-refractivity contribution is 5.85. The Morgan fingerprint density at radius 2 is 1.85 bits per heavy atom. The molecule has 2 amide bonds. The lowest BCUT2D eigenvalue weighted by Crippen LogP contribution is -2.55. The molecule has 0 bridgehead atoms. The van der Waals surface area contributed by atoms with Crippen molar-refractivity contribution in [2.75, 3.05) is 26.2 Å². The Morgan fingerprint density at radius 3 is 2.46 bits per heavy atom. The summed E-state index contributed by atoms with van der Waals surface area (Å²) in [7, 11) is 0. The Morgan fingerprint density at radius 1 is 1.19 bits per heavy atom. The van der Waals surface area contributed by atoms with Gasteiger partial charge in [-0.15, -0.1) is 0 Å². The van der Waals surface area contributed by atoms with Crippen molar-refractivity contribution in [1.29, 1.82) is 0 Å². The average molecular weight is 361 g/mol. The zero-order chi connectivity index (χ0) is 18.6. The number of halogens is 1. The van der Waals surface area contributed by atoms with E-state index in [1.54, 1.807) is 22.2 Å². The smallest absolute Gasteiger partial charge is 0.260 e. The van der Waals surface area contributed by atoms with Crippen LogP contribution in [0.2, 0.25) is 0 Å². The van der Waals surface area contributed by atoms with Gasteiger partial charge in [-0.05, 0) is 30.9 Å². The van der Waals surface area contributed by atoms with Crippen LogP contribution in [0, 0.1) is 5.92 Å². The number of alkyl halides is 1. The molecule has 1 saturated heterocycles. The van der Waals surface area contributed by atoms with Crippen LogP contribution in [0.1, 0.15) is 44.6 Å². The SMILES string of the molecule is CC(F)(CC1CCCC1)C(=O)N1CCN(C(=O)Cc2cccnc2)CC1. The number of piperazine rings is 1. The highest BCUT2D eigenvalue weighted by atomic mass is 19.1. The third-order valence-electron chi connectivity index (χ3n) is 5.59. The molecule has 6 heteroatoms. The van der Waals surface area contributed by atoms with Gasteiger partial charge in [0.2, 0.25) is 5.91 Å². The fraction of sp³-hybridized carbons (Fsp3) is 0.650. The standard InChI is InChI=1S/C20H28FN3O2/c1-20(21,14-16-5-2-3-6-16)19(26)24-11-9-23(10-12-24)18(25)13-17-7-4-8-22-15-17/h4,7-8,15-16H,2-3,5-6,9-14H2,1H3. The summed E-state index contributed by atoms with van der Waals surface area (Å²) in [6, 6.07) is 3.69. The van der Waals surface area contributed by atoms with Crippen LogP contribution in [-0.4, -0.2) is 58.4 Å². The zero-order valence-corrected chi connectivity index (χ0v) is 15.5. The van der Waals surface area contributed by atoms with Crippen molar-refractivity contribution >= 4 is 11.8 Å². The van der Waals surface area contributed by atoms with Crippen LogP contribution in [0.3, 0.4) is 0 Å². The van der Waals surface area contributed by atoms with Gasteiger partial charge < -0.3 is 9.80 Å². The number of carbonyl (C=O) groups excluding carboxylic acids is 2. The van der Waals surface area contributed by atoms with Crippen molar-refractivity contribution in [3.63, 3.8) is 0 Å². The molecule has 2 fully saturated rings. The molecule has 2 heterocycles. The van der Waals surface area contributed by atoms with E-state index in [4.69, 9.17) is 0 Å². The Labute approximate surface area is 154 Å². The number of pyridine rings is 1. The number of hydrogen-bond donors (Lipinski definition) is 0. The van der Waals surface area contributed by atoms with Crippen molar-refractivity contribution in [2.24, 2.45) is 5.92 Å². The van der Waals surface area contributed by atoms with Gasteiger partial charge in [0.1, 0.15) is 0 Å². The predicted molar refractivity (Wildman–Crippen MR) is 97.2 cm³/mol. The lowest BCUT2D eigenvalue weighted by atomic mass is 9.91. The van der Waals surface area contributed by atoms with E-state index in [1.165, 1.54) is 6.92 Å². The van der Waals surface area contributed by atoms with Crippen LogP contribution in [0.25, 0.3) is 0 Å². The first-order chi connectivity index (χ1) is 12.5. The van der Waals surface area contributed by atoms with Gasteiger partial charge in [-0.3, -0.25) is 14.6 Å². The lowest BCUT2D eigenvalue weighted by Gasteiger charge is -2.37. The third kappa shape index (κ3) is 4.59. The molecule has 5 nitrogen and oxygen atoms in total. The van der Waals surface area contributed by atoms with E-state index < -0.39 is 11.6 Å². The maximum atomic E-state index is 15.0. The van der Waals surface area contributed by atoms with E-state index in [0.717, 1.165) is 31.2 Å². The van der Waals surface area contributed by atoms with Crippen LogP contribution in [0.4, 0.5) is 4.39 Å². The summed E-state index contributed by atoms with van der Waals surface area (Å²) >= 11 is 0. The molecule has 1 aliphatic carbocycles. The molecule has 1 atom stereocenters. The second-order valence-corrected chi connectivity index (χ2v) is 7.76. The minimum absolute atomic E-state index is 0.0269. The van der Waals surface area contributed by atoms with Gasteiger partial charge >= 0.3 is 0 Å². The molecule has 0 aromatic carbocycles. The highest BCUT2D eigenvalue weighted by Crippen LogP contribution is 2.34. The maximum absolute atomic E-state index is 15.0. The molecule has 0 N–H and O–H groups in total. The van der Waals surface area contributed by atoms with Gasteiger partial charge in [-0.2, -0.15) is 0 Å². The Hall–Kier alpha value is -1.98. The molecular formula is C20H28FN3O2. The average Bonchev–Trinajstić information content (AvgIpc) is 3.14. The summed E-state index contributed by atoms with van der Waals surface area (Å²) in [4.78, 5) is 32.4. The van der Waals surface area contributed by atoms with Gasteiger partial charge in [0.25, 0.3) is 5.91 Å². The molecule has 1 aromatic rings. The molecule has 1 aliphatic heterocycles. The van der Waals surface area contributed by atoms with Crippen LogP contribution < -0.4 is 0 Å². The fourth-order valence-corrected chi connectivity index (χ4v) is 4.12. The van der Waals surface area contributed by atoms with Crippen molar-refractivity contribution < 1.29 is 14.0 Å². The van der Waals surface area contributed by atoms with Crippen molar-refractivity contribution in [1.82, 2.24) is 14.8 Å². The lowest BCUT2D eigenvalue weighted by molar-refractivity contribution is -0.148. The number of hydrogen-bond acceptors (Lipinski definition) is 3. The van der Waals surface area contributed by atoms with E-state index in [2.05, 4.69) is 4.98 Å². The summed E-state index contributed by atoms with van der Waals surface area (Å²) in [6.07, 6.45) is 8.36. The first-order valence-electron chi connectivity index (χ1n) is 9.61. The zero-order valence-electron chi connectivity index (χ0n) is 15.5. The second-order valence-electron chi connectivity index (χ2n) is 7.76. The molecule has 1 aromatic heterocycles. The van der Waals surface area contributed by atoms with Gasteiger partial charge in [0.15, 0.2) is 5.67 Å². The first-order valence-corrected chi connectivity index (χ1v) is 9.61. The summed E-state index contributed by atoms with van der Waals surface area (Å²) in [5.41, 5.74) is -0.916. The molecule has 1 unspecified atom stereocenters. The minimum Gasteiger partial charge on any atom is -0.339 e. The summed E-state index contributed by atoms with van der Waals surface area (Å²) in [5, 5.41) is 0. The molecule has 0 spiro atoms. The molecule has 26 heavy (non-hydrogen) atoms. The van der Waals surface area contributed by atoms with E-state index in [9.17, 15) is 14.0 Å². The number of rotatable bonds is 5. The van der Waals surface area contributed by atoms with E-state index in [-0.39, 0.29) is 5.91 Å². The van der Waals surface area contributed by atoms with Gasteiger partial charge in [0.05, 0.1) is 6.42 Å².